The van der Waals surface area contributed by atoms with E-state index < -0.39 is 0 Å². The van der Waals surface area contributed by atoms with Crippen molar-refractivity contribution in [2.45, 2.75) is 25.9 Å². The van der Waals surface area contributed by atoms with E-state index in [4.69, 9.17) is 4.74 Å². The second kappa shape index (κ2) is 2.31. The summed E-state index contributed by atoms with van der Waals surface area (Å²) in [5, 5.41) is 0. The third-order valence-corrected chi connectivity index (χ3v) is 1.34. The lowest BCUT2D eigenvalue weighted by Gasteiger charge is -2.00. The molecule has 0 aromatic heterocycles. The quantitative estimate of drug-likeness (QED) is 0.482. The van der Waals surface area contributed by atoms with Gasteiger partial charge >= 0.3 is 0 Å². The van der Waals surface area contributed by atoms with Gasteiger partial charge in [-0.3, -0.25) is 0 Å². The maximum Gasteiger partial charge on any atom is 0.0605 e. The summed E-state index contributed by atoms with van der Waals surface area (Å²) in [6.45, 7) is 3.02. The van der Waals surface area contributed by atoms with Crippen molar-refractivity contribution < 1.29 is 4.74 Å². The van der Waals surface area contributed by atoms with Crippen molar-refractivity contribution in [3.63, 3.8) is 0 Å². The Balaban J connectivity index is 2.14. The molecule has 41 valence electrons. The smallest absolute Gasteiger partial charge is 0.0605 e. The third-order valence-electron chi connectivity index (χ3n) is 1.34. The van der Waals surface area contributed by atoms with Gasteiger partial charge in [0, 0.05) is 6.61 Å². The van der Waals surface area contributed by atoms with Crippen molar-refractivity contribution in [3.05, 3.63) is 6.42 Å². The SMILES string of the molecule is C[CH][C@@H]1CCCO1. The number of hydrogen-bond donors (Lipinski definition) is 0. The molecule has 7 heavy (non-hydrogen) atoms. The van der Waals surface area contributed by atoms with Crippen LogP contribution in [-0.2, 0) is 4.74 Å². The predicted octanol–water partition coefficient (Wildman–Crippen LogP) is 1.39. The molecule has 0 bridgehead atoms. The van der Waals surface area contributed by atoms with Crippen molar-refractivity contribution >= 4 is 0 Å². The Morgan fingerprint density at radius 2 is 2.57 bits per heavy atom. The van der Waals surface area contributed by atoms with Crippen LogP contribution in [0.2, 0.25) is 0 Å². The highest BCUT2D eigenvalue weighted by atomic mass is 16.5. The molecule has 1 heterocycles. The van der Waals surface area contributed by atoms with Crippen LogP contribution in [-0.4, -0.2) is 12.7 Å². The first kappa shape index (κ1) is 5.10. The molecule has 0 saturated carbocycles. The lowest BCUT2D eigenvalue weighted by atomic mass is 10.2. The summed E-state index contributed by atoms with van der Waals surface area (Å²) in [5.74, 6) is 0. The Kier molecular flexibility index (Phi) is 1.69. The zero-order valence-corrected chi connectivity index (χ0v) is 4.68. The molecular formula is C6H11O. The monoisotopic (exact) mass is 99.1 g/mol. The summed E-state index contributed by atoms with van der Waals surface area (Å²) in [5.41, 5.74) is 0. The summed E-state index contributed by atoms with van der Waals surface area (Å²) in [4.78, 5) is 0. The molecule has 1 nitrogen and oxygen atoms in total. The molecule has 1 saturated heterocycles. The standard InChI is InChI=1S/C6H11O/c1-2-6-4-3-5-7-6/h2,6H,3-5H2,1H3/t6-/m1/s1. The van der Waals surface area contributed by atoms with Crippen LogP contribution in [0, 0.1) is 6.42 Å². The largest absolute Gasteiger partial charge is 0.378 e. The minimum Gasteiger partial charge on any atom is -0.378 e. The molecule has 1 radical (unpaired) electrons. The van der Waals surface area contributed by atoms with E-state index in [0.29, 0.717) is 6.10 Å². The van der Waals surface area contributed by atoms with Crippen LogP contribution in [0.5, 0.6) is 0 Å². The van der Waals surface area contributed by atoms with Crippen LogP contribution in [0.4, 0.5) is 0 Å². The van der Waals surface area contributed by atoms with E-state index in [1.165, 1.54) is 12.8 Å². The van der Waals surface area contributed by atoms with Crippen LogP contribution in [0.3, 0.4) is 0 Å². The molecule has 1 rings (SSSR count). The van der Waals surface area contributed by atoms with Gasteiger partial charge in [-0.05, 0) is 19.3 Å². The topological polar surface area (TPSA) is 9.23 Å². The number of ether oxygens (including phenoxy) is 1. The lowest BCUT2D eigenvalue weighted by Crippen LogP contribution is -2.01. The van der Waals surface area contributed by atoms with E-state index in [9.17, 15) is 0 Å². The number of rotatable bonds is 1. The zero-order valence-electron chi connectivity index (χ0n) is 4.68. The van der Waals surface area contributed by atoms with Crippen LogP contribution >= 0.6 is 0 Å². The molecule has 0 unspecified atom stereocenters. The van der Waals surface area contributed by atoms with Crippen molar-refractivity contribution in [1.29, 1.82) is 0 Å². The Morgan fingerprint density at radius 3 is 2.86 bits per heavy atom. The van der Waals surface area contributed by atoms with Crippen molar-refractivity contribution in [2.75, 3.05) is 6.61 Å². The molecule has 0 aliphatic carbocycles. The summed E-state index contributed by atoms with van der Waals surface area (Å²) in [6, 6.07) is 0. The Hall–Kier alpha value is -0.0400. The summed E-state index contributed by atoms with van der Waals surface area (Å²) in [7, 11) is 0. The van der Waals surface area contributed by atoms with Gasteiger partial charge in [0.25, 0.3) is 0 Å². The van der Waals surface area contributed by atoms with Gasteiger partial charge in [0.15, 0.2) is 0 Å². The molecule has 0 aromatic rings. The predicted molar refractivity (Wildman–Crippen MR) is 28.9 cm³/mol. The van der Waals surface area contributed by atoms with Gasteiger partial charge in [0.1, 0.15) is 0 Å². The third kappa shape index (κ3) is 1.16. The Labute approximate surface area is 44.7 Å². The molecule has 1 fully saturated rings. The first-order chi connectivity index (χ1) is 3.43. The molecule has 1 aliphatic rings. The fourth-order valence-corrected chi connectivity index (χ4v) is 0.865. The van der Waals surface area contributed by atoms with Crippen molar-refractivity contribution in [3.8, 4) is 0 Å². The summed E-state index contributed by atoms with van der Waals surface area (Å²) < 4.78 is 5.25. The average molecular weight is 99.2 g/mol. The summed E-state index contributed by atoms with van der Waals surface area (Å²) in [6.07, 6.45) is 5.07. The van der Waals surface area contributed by atoms with Gasteiger partial charge in [-0.2, -0.15) is 0 Å². The minimum absolute atomic E-state index is 0.472. The Morgan fingerprint density at radius 1 is 1.71 bits per heavy atom. The van der Waals surface area contributed by atoms with Gasteiger partial charge in [-0.15, -0.1) is 0 Å². The van der Waals surface area contributed by atoms with Gasteiger partial charge in [-0.1, -0.05) is 6.92 Å². The Bertz CT molecular complexity index is 46.1. The molecule has 0 spiro atoms. The van der Waals surface area contributed by atoms with Crippen LogP contribution in [0.1, 0.15) is 19.8 Å². The second-order valence-electron chi connectivity index (χ2n) is 1.88. The van der Waals surface area contributed by atoms with Gasteiger partial charge in [0.2, 0.25) is 0 Å². The molecule has 0 amide bonds. The van der Waals surface area contributed by atoms with E-state index in [-0.39, 0.29) is 0 Å². The van der Waals surface area contributed by atoms with Crippen molar-refractivity contribution in [1.82, 2.24) is 0 Å². The first-order valence-corrected chi connectivity index (χ1v) is 2.84. The van der Waals surface area contributed by atoms with E-state index in [1.54, 1.807) is 0 Å². The van der Waals surface area contributed by atoms with Gasteiger partial charge in [0.05, 0.1) is 6.10 Å². The first-order valence-electron chi connectivity index (χ1n) is 2.84. The van der Waals surface area contributed by atoms with Gasteiger partial charge in [-0.25, -0.2) is 0 Å². The minimum atomic E-state index is 0.472. The molecular weight excluding hydrogens is 88.1 g/mol. The van der Waals surface area contributed by atoms with Crippen molar-refractivity contribution in [2.24, 2.45) is 0 Å². The molecule has 1 atom stereocenters. The maximum atomic E-state index is 5.25. The molecule has 1 heteroatoms. The van der Waals surface area contributed by atoms with E-state index in [1.807, 2.05) is 0 Å². The molecule has 0 N–H and O–H groups in total. The van der Waals surface area contributed by atoms with Crippen LogP contribution in [0.25, 0.3) is 0 Å². The highest BCUT2D eigenvalue weighted by Crippen LogP contribution is 2.12. The highest BCUT2D eigenvalue weighted by molar-refractivity contribution is 4.75. The fourth-order valence-electron chi connectivity index (χ4n) is 0.865. The van der Waals surface area contributed by atoms with E-state index in [2.05, 4.69) is 13.3 Å². The average Bonchev–Trinajstić information content (AvgIpc) is 2.14. The fraction of sp³-hybridized carbons (Fsp3) is 0.833. The zero-order chi connectivity index (χ0) is 5.11. The maximum absolute atomic E-state index is 5.25. The number of hydrogen-bond acceptors (Lipinski definition) is 1. The van der Waals surface area contributed by atoms with E-state index >= 15 is 0 Å². The highest BCUT2D eigenvalue weighted by Gasteiger charge is 2.11. The lowest BCUT2D eigenvalue weighted by molar-refractivity contribution is 0.134. The van der Waals surface area contributed by atoms with Crippen LogP contribution in [0.15, 0.2) is 0 Å². The van der Waals surface area contributed by atoms with E-state index in [0.717, 1.165) is 6.61 Å². The summed E-state index contributed by atoms with van der Waals surface area (Å²) >= 11 is 0. The molecule has 1 aliphatic heterocycles. The normalized spacial score (nSPS) is 31.3. The second-order valence-corrected chi connectivity index (χ2v) is 1.88. The van der Waals surface area contributed by atoms with Crippen LogP contribution < -0.4 is 0 Å². The molecule has 0 aromatic carbocycles. The van der Waals surface area contributed by atoms with Gasteiger partial charge < -0.3 is 4.74 Å².